The van der Waals surface area contributed by atoms with Gasteiger partial charge < -0.3 is 4.52 Å². The van der Waals surface area contributed by atoms with Gasteiger partial charge in [0, 0.05) is 18.1 Å². The van der Waals surface area contributed by atoms with E-state index in [1.54, 1.807) is 6.07 Å². The van der Waals surface area contributed by atoms with Crippen LogP contribution in [-0.2, 0) is 6.42 Å². The van der Waals surface area contributed by atoms with Crippen molar-refractivity contribution in [2.24, 2.45) is 5.92 Å². The van der Waals surface area contributed by atoms with Crippen LogP contribution in [0.1, 0.15) is 38.0 Å². The molecule has 2 aromatic rings. The van der Waals surface area contributed by atoms with Crippen LogP contribution in [0, 0.1) is 16.0 Å². The summed E-state index contributed by atoms with van der Waals surface area (Å²) in [7, 11) is 0. The molecule has 0 unspecified atom stereocenters. The molecule has 1 aromatic heterocycles. The van der Waals surface area contributed by atoms with E-state index in [2.05, 4.69) is 10.1 Å². The Morgan fingerprint density at radius 3 is 2.86 bits per heavy atom. The van der Waals surface area contributed by atoms with Crippen LogP contribution in [0.25, 0.3) is 11.4 Å². The molecule has 3 rings (SSSR count). The predicted molar refractivity (Wildman–Crippen MR) is 81.7 cm³/mol. The van der Waals surface area contributed by atoms with E-state index in [0.29, 0.717) is 17.3 Å². The van der Waals surface area contributed by atoms with Crippen LogP contribution >= 0.6 is 11.6 Å². The lowest BCUT2D eigenvalue weighted by molar-refractivity contribution is -0.384. The quantitative estimate of drug-likeness (QED) is 0.601. The van der Waals surface area contributed by atoms with E-state index in [-0.39, 0.29) is 10.7 Å². The fraction of sp³-hybridized carbons (Fsp3) is 0.467. The number of aryl methyl sites for hydroxylation is 1. The first-order valence-electron chi connectivity index (χ1n) is 7.40. The Morgan fingerprint density at radius 2 is 2.14 bits per heavy atom. The van der Waals surface area contributed by atoms with Crippen molar-refractivity contribution in [3.63, 3.8) is 0 Å². The van der Waals surface area contributed by atoms with Crippen LogP contribution in [0.5, 0.6) is 0 Å². The number of rotatable bonds is 5. The summed E-state index contributed by atoms with van der Waals surface area (Å²) in [6, 6.07) is 4.50. The van der Waals surface area contributed by atoms with Gasteiger partial charge in [-0.3, -0.25) is 10.1 Å². The summed E-state index contributed by atoms with van der Waals surface area (Å²) >= 11 is 5.80. The summed E-state index contributed by atoms with van der Waals surface area (Å²) < 4.78 is 5.25. The molecule has 7 heteroatoms. The number of hydrogen-bond donors (Lipinski definition) is 0. The first-order chi connectivity index (χ1) is 10.6. The summed E-state index contributed by atoms with van der Waals surface area (Å²) in [5, 5.41) is 14.9. The van der Waals surface area contributed by atoms with Crippen LogP contribution in [-0.4, -0.2) is 15.1 Å². The highest BCUT2D eigenvalue weighted by molar-refractivity contribution is 6.32. The molecule has 0 saturated heterocycles. The summed E-state index contributed by atoms with van der Waals surface area (Å²) in [4.78, 5) is 14.7. The highest BCUT2D eigenvalue weighted by Gasteiger charge is 2.18. The van der Waals surface area contributed by atoms with Crippen LogP contribution in [0.4, 0.5) is 5.69 Å². The molecule has 22 heavy (non-hydrogen) atoms. The summed E-state index contributed by atoms with van der Waals surface area (Å²) in [5.41, 5.74) is 0.378. The average Bonchev–Trinajstić information content (AvgIpc) is 3.17. The second kappa shape index (κ2) is 6.44. The maximum Gasteiger partial charge on any atom is 0.288 e. The summed E-state index contributed by atoms with van der Waals surface area (Å²) in [5.74, 6) is 1.70. The van der Waals surface area contributed by atoms with E-state index in [1.807, 2.05) is 0 Å². The predicted octanol–water partition coefficient (Wildman–Crippen LogP) is 4.42. The van der Waals surface area contributed by atoms with Gasteiger partial charge in [-0.15, -0.1) is 0 Å². The van der Waals surface area contributed by atoms with Gasteiger partial charge in [0.2, 0.25) is 11.7 Å². The molecule has 1 fully saturated rings. The fourth-order valence-electron chi connectivity index (χ4n) is 2.89. The number of nitrogens with zero attached hydrogens (tertiary/aromatic N) is 3. The Kier molecular flexibility index (Phi) is 4.38. The minimum Gasteiger partial charge on any atom is -0.339 e. The number of benzene rings is 1. The maximum absolute atomic E-state index is 10.9. The SMILES string of the molecule is O=[N+]([O-])c1cc(-c2noc(CCC3CCCC3)n2)ccc1Cl. The molecule has 0 amide bonds. The second-order valence-electron chi connectivity index (χ2n) is 5.62. The highest BCUT2D eigenvalue weighted by atomic mass is 35.5. The molecule has 116 valence electrons. The zero-order valence-electron chi connectivity index (χ0n) is 12.0. The van der Waals surface area contributed by atoms with Gasteiger partial charge in [0.05, 0.1) is 4.92 Å². The monoisotopic (exact) mass is 321 g/mol. The Bertz CT molecular complexity index is 680. The number of nitro benzene ring substituents is 1. The standard InChI is InChI=1S/C15H16ClN3O3/c16-12-7-6-11(9-13(12)19(20)21)15-17-14(22-18-15)8-5-10-3-1-2-4-10/h6-7,9-10H,1-5,8H2. The third-order valence-electron chi connectivity index (χ3n) is 4.11. The van der Waals surface area contributed by atoms with Gasteiger partial charge in [0.25, 0.3) is 5.69 Å². The first kappa shape index (κ1) is 15.0. The molecule has 0 N–H and O–H groups in total. The van der Waals surface area contributed by atoms with E-state index in [9.17, 15) is 10.1 Å². The average molecular weight is 322 g/mol. The van der Waals surface area contributed by atoms with Crippen molar-refractivity contribution in [2.45, 2.75) is 38.5 Å². The Labute approximate surface area is 132 Å². The molecule has 1 aliphatic carbocycles. The molecule has 0 spiro atoms. The third-order valence-corrected chi connectivity index (χ3v) is 4.43. The molecular weight excluding hydrogens is 306 g/mol. The molecule has 0 bridgehead atoms. The van der Waals surface area contributed by atoms with Crippen molar-refractivity contribution in [3.8, 4) is 11.4 Å². The number of nitro groups is 1. The Balaban J connectivity index is 1.72. The lowest BCUT2D eigenvalue weighted by atomic mass is 10.0. The van der Waals surface area contributed by atoms with Gasteiger partial charge in [0.15, 0.2) is 0 Å². The molecule has 1 saturated carbocycles. The van der Waals surface area contributed by atoms with Gasteiger partial charge in [-0.2, -0.15) is 4.98 Å². The zero-order valence-corrected chi connectivity index (χ0v) is 12.8. The highest BCUT2D eigenvalue weighted by Crippen LogP contribution is 2.30. The Morgan fingerprint density at radius 1 is 1.36 bits per heavy atom. The largest absolute Gasteiger partial charge is 0.339 e. The van der Waals surface area contributed by atoms with Gasteiger partial charge in [-0.25, -0.2) is 0 Å². The van der Waals surface area contributed by atoms with Crippen LogP contribution in [0.3, 0.4) is 0 Å². The van der Waals surface area contributed by atoms with E-state index < -0.39 is 4.92 Å². The van der Waals surface area contributed by atoms with Gasteiger partial charge in [-0.1, -0.05) is 42.4 Å². The summed E-state index contributed by atoms with van der Waals surface area (Å²) in [6.45, 7) is 0. The van der Waals surface area contributed by atoms with Crippen molar-refractivity contribution < 1.29 is 9.45 Å². The number of aromatic nitrogens is 2. The van der Waals surface area contributed by atoms with Crippen LogP contribution < -0.4 is 0 Å². The van der Waals surface area contributed by atoms with Gasteiger partial charge >= 0.3 is 0 Å². The summed E-state index contributed by atoms with van der Waals surface area (Å²) in [6.07, 6.45) is 7.01. The van der Waals surface area contributed by atoms with Gasteiger partial charge in [0.1, 0.15) is 5.02 Å². The maximum atomic E-state index is 10.9. The van der Waals surface area contributed by atoms with E-state index in [1.165, 1.54) is 37.8 Å². The molecule has 1 heterocycles. The smallest absolute Gasteiger partial charge is 0.288 e. The van der Waals surface area contributed by atoms with Crippen LogP contribution in [0.15, 0.2) is 22.7 Å². The minimum absolute atomic E-state index is 0.0960. The van der Waals surface area contributed by atoms with E-state index in [0.717, 1.165) is 18.8 Å². The van der Waals surface area contributed by atoms with Crippen molar-refractivity contribution in [2.75, 3.05) is 0 Å². The lowest BCUT2D eigenvalue weighted by Crippen LogP contribution is -1.96. The third kappa shape index (κ3) is 3.27. The molecule has 6 nitrogen and oxygen atoms in total. The molecular formula is C15H16ClN3O3. The van der Waals surface area contributed by atoms with Crippen molar-refractivity contribution in [1.29, 1.82) is 0 Å². The fourth-order valence-corrected chi connectivity index (χ4v) is 3.08. The van der Waals surface area contributed by atoms with E-state index >= 15 is 0 Å². The molecule has 1 aliphatic rings. The van der Waals surface area contributed by atoms with Crippen LogP contribution in [0.2, 0.25) is 5.02 Å². The molecule has 1 aromatic carbocycles. The first-order valence-corrected chi connectivity index (χ1v) is 7.78. The second-order valence-corrected chi connectivity index (χ2v) is 6.03. The molecule has 0 atom stereocenters. The number of halogens is 1. The van der Waals surface area contributed by atoms with Gasteiger partial charge in [-0.05, 0) is 24.5 Å². The van der Waals surface area contributed by atoms with Crippen molar-refractivity contribution in [3.05, 3.63) is 39.2 Å². The van der Waals surface area contributed by atoms with E-state index in [4.69, 9.17) is 16.1 Å². The lowest BCUT2D eigenvalue weighted by Gasteiger charge is -2.04. The molecule has 0 aliphatic heterocycles. The Hall–Kier alpha value is -1.95. The van der Waals surface area contributed by atoms with Crippen molar-refractivity contribution >= 4 is 17.3 Å². The minimum atomic E-state index is -0.521. The topological polar surface area (TPSA) is 82.1 Å². The number of hydrogen-bond acceptors (Lipinski definition) is 5. The molecule has 0 radical (unpaired) electrons. The normalized spacial score (nSPS) is 15.3. The zero-order chi connectivity index (χ0) is 15.5. The van der Waals surface area contributed by atoms with Crippen molar-refractivity contribution in [1.82, 2.24) is 10.1 Å².